The largest absolute Gasteiger partial charge is 0.335 e. The van der Waals surface area contributed by atoms with Crippen LogP contribution in [0.4, 0.5) is 0 Å². The van der Waals surface area contributed by atoms with Gasteiger partial charge in [-0.2, -0.15) is 5.10 Å². The zero-order chi connectivity index (χ0) is 18.5. The summed E-state index contributed by atoms with van der Waals surface area (Å²) in [5, 5.41) is 5.50. The number of piperidine rings is 1. The molecule has 1 saturated heterocycles. The predicted molar refractivity (Wildman–Crippen MR) is 106 cm³/mol. The number of hydrogen-bond acceptors (Lipinski definition) is 3. The molecule has 0 aromatic carbocycles. The Kier molecular flexibility index (Phi) is 4.21. The van der Waals surface area contributed by atoms with Crippen LogP contribution < -0.4 is 0 Å². The van der Waals surface area contributed by atoms with Crippen molar-refractivity contribution in [2.24, 2.45) is 5.92 Å². The van der Waals surface area contributed by atoms with Crippen molar-refractivity contribution in [1.29, 1.82) is 0 Å². The van der Waals surface area contributed by atoms with Crippen molar-refractivity contribution in [3.8, 4) is 0 Å². The molecule has 2 atom stereocenters. The highest BCUT2D eigenvalue weighted by Gasteiger charge is 2.37. The van der Waals surface area contributed by atoms with Gasteiger partial charge in [0, 0.05) is 30.2 Å². The number of carbonyl (C=O) groups excluding carboxylic acids is 1. The molecule has 0 unspecified atom stereocenters. The van der Waals surface area contributed by atoms with Crippen LogP contribution in [-0.2, 0) is 0 Å². The van der Waals surface area contributed by atoms with E-state index in [0.29, 0.717) is 17.9 Å². The summed E-state index contributed by atoms with van der Waals surface area (Å²) in [7, 11) is 0. The number of carbonyl (C=O) groups is 1. The fourth-order valence-electron chi connectivity index (χ4n) is 5.21. The van der Waals surface area contributed by atoms with E-state index in [1.807, 2.05) is 10.9 Å². The number of pyridine rings is 1. The number of amides is 1. The van der Waals surface area contributed by atoms with Crippen LogP contribution in [0.2, 0.25) is 0 Å². The minimum Gasteiger partial charge on any atom is -0.335 e. The molecule has 144 valence electrons. The van der Waals surface area contributed by atoms with Crippen molar-refractivity contribution in [2.45, 2.75) is 83.2 Å². The van der Waals surface area contributed by atoms with E-state index in [1.54, 1.807) is 0 Å². The fraction of sp³-hybridized carbons (Fsp3) is 0.682. The Morgan fingerprint density at radius 2 is 1.89 bits per heavy atom. The molecule has 27 heavy (non-hydrogen) atoms. The molecule has 5 rings (SSSR count). The lowest BCUT2D eigenvalue weighted by Gasteiger charge is -2.44. The molecule has 1 aliphatic heterocycles. The van der Waals surface area contributed by atoms with Crippen molar-refractivity contribution in [2.75, 3.05) is 6.54 Å². The first-order valence-electron chi connectivity index (χ1n) is 10.8. The van der Waals surface area contributed by atoms with Crippen molar-refractivity contribution in [1.82, 2.24) is 19.7 Å². The summed E-state index contributed by atoms with van der Waals surface area (Å²) in [4.78, 5) is 20.8. The van der Waals surface area contributed by atoms with Gasteiger partial charge in [-0.15, -0.1) is 0 Å². The second-order valence-corrected chi connectivity index (χ2v) is 9.04. The van der Waals surface area contributed by atoms with Crippen LogP contribution in [0.15, 0.2) is 12.3 Å². The third-order valence-electron chi connectivity index (χ3n) is 6.81. The fourth-order valence-corrected chi connectivity index (χ4v) is 5.21. The second-order valence-electron chi connectivity index (χ2n) is 9.04. The summed E-state index contributed by atoms with van der Waals surface area (Å²) in [6.45, 7) is 5.15. The minimum absolute atomic E-state index is 0.212. The first kappa shape index (κ1) is 17.2. The molecule has 5 heteroatoms. The number of nitrogens with zero attached hydrogens (tertiary/aromatic N) is 4. The highest BCUT2D eigenvalue weighted by atomic mass is 16.2. The molecule has 2 aromatic rings. The van der Waals surface area contributed by atoms with Gasteiger partial charge in [0.1, 0.15) is 0 Å². The normalized spacial score (nSPS) is 25.8. The van der Waals surface area contributed by atoms with E-state index in [0.717, 1.165) is 35.3 Å². The second kappa shape index (κ2) is 6.61. The first-order valence-corrected chi connectivity index (χ1v) is 10.8. The molecular weight excluding hydrogens is 336 g/mol. The zero-order valence-electron chi connectivity index (χ0n) is 16.5. The van der Waals surface area contributed by atoms with E-state index in [2.05, 4.69) is 29.9 Å². The number of fused-ring (bicyclic) bond motifs is 2. The molecule has 3 fully saturated rings. The van der Waals surface area contributed by atoms with E-state index >= 15 is 0 Å². The quantitative estimate of drug-likeness (QED) is 0.792. The Morgan fingerprint density at radius 1 is 1.11 bits per heavy atom. The minimum atomic E-state index is 0.212. The van der Waals surface area contributed by atoms with Crippen molar-refractivity contribution in [3.05, 3.63) is 23.5 Å². The molecule has 3 aliphatic rings. The maximum atomic E-state index is 13.7. The average molecular weight is 367 g/mol. The van der Waals surface area contributed by atoms with Crippen LogP contribution in [0, 0.1) is 5.92 Å². The zero-order valence-corrected chi connectivity index (χ0v) is 16.5. The van der Waals surface area contributed by atoms with E-state index in [9.17, 15) is 4.79 Å². The summed E-state index contributed by atoms with van der Waals surface area (Å²) in [6, 6.07) is 2.76. The van der Waals surface area contributed by atoms with Crippen molar-refractivity contribution >= 4 is 16.9 Å². The number of rotatable bonds is 3. The lowest BCUT2D eigenvalue weighted by atomic mass is 9.78. The average Bonchev–Trinajstić information content (AvgIpc) is 3.45. The lowest BCUT2D eigenvalue weighted by molar-refractivity contribution is 0.0392. The Labute approximate surface area is 161 Å². The molecule has 2 aliphatic carbocycles. The van der Waals surface area contributed by atoms with Gasteiger partial charge in [0.2, 0.25) is 0 Å². The van der Waals surface area contributed by atoms with Crippen LogP contribution in [0.1, 0.15) is 93.2 Å². The summed E-state index contributed by atoms with van der Waals surface area (Å²) in [5.41, 5.74) is 2.81. The Balaban J connectivity index is 1.57. The molecule has 2 aromatic heterocycles. The number of likely N-dealkylation sites (tertiary alicyclic amines) is 1. The third-order valence-corrected chi connectivity index (χ3v) is 6.81. The van der Waals surface area contributed by atoms with Gasteiger partial charge in [0.05, 0.1) is 17.1 Å². The van der Waals surface area contributed by atoms with Gasteiger partial charge in [0.15, 0.2) is 5.65 Å². The third kappa shape index (κ3) is 2.95. The molecular formula is C22H30N4O. The van der Waals surface area contributed by atoms with Gasteiger partial charge in [-0.3, -0.25) is 4.79 Å². The number of hydrogen-bond donors (Lipinski definition) is 0. The summed E-state index contributed by atoms with van der Waals surface area (Å²) < 4.78 is 1.97. The molecule has 0 bridgehead atoms. The Morgan fingerprint density at radius 3 is 2.67 bits per heavy atom. The summed E-state index contributed by atoms with van der Waals surface area (Å²) in [6.07, 6.45) is 11.7. The lowest BCUT2D eigenvalue weighted by Crippen LogP contribution is -2.49. The van der Waals surface area contributed by atoms with Crippen molar-refractivity contribution < 1.29 is 4.79 Å². The molecule has 0 radical (unpaired) electrons. The SMILES string of the molecule is CC(C)n1ncc2c(C(=O)N3CCC[C@H]4CCCC[C@@H]43)cc(C3CC3)nc21. The number of aromatic nitrogens is 3. The van der Waals surface area contributed by atoms with Gasteiger partial charge >= 0.3 is 0 Å². The molecule has 1 amide bonds. The highest BCUT2D eigenvalue weighted by Crippen LogP contribution is 2.41. The molecule has 3 heterocycles. The van der Waals surface area contributed by atoms with Crippen LogP contribution in [0.25, 0.3) is 11.0 Å². The van der Waals surface area contributed by atoms with Gasteiger partial charge in [0.25, 0.3) is 5.91 Å². The van der Waals surface area contributed by atoms with Gasteiger partial charge in [-0.05, 0) is 64.4 Å². The van der Waals surface area contributed by atoms with Gasteiger partial charge in [-0.25, -0.2) is 9.67 Å². The van der Waals surface area contributed by atoms with E-state index in [1.165, 1.54) is 44.9 Å². The maximum absolute atomic E-state index is 13.7. The van der Waals surface area contributed by atoms with Crippen molar-refractivity contribution in [3.63, 3.8) is 0 Å². The van der Waals surface area contributed by atoms with Crippen LogP contribution >= 0.6 is 0 Å². The van der Waals surface area contributed by atoms with Crippen LogP contribution in [0.5, 0.6) is 0 Å². The first-order chi connectivity index (χ1) is 13.1. The smallest absolute Gasteiger partial charge is 0.254 e. The van der Waals surface area contributed by atoms with Gasteiger partial charge in [-0.1, -0.05) is 12.8 Å². The topological polar surface area (TPSA) is 51.0 Å². The molecule has 0 N–H and O–H groups in total. The monoisotopic (exact) mass is 366 g/mol. The molecule has 2 saturated carbocycles. The van der Waals surface area contributed by atoms with Crippen LogP contribution in [-0.4, -0.2) is 38.2 Å². The highest BCUT2D eigenvalue weighted by molar-refractivity contribution is 6.05. The summed E-state index contributed by atoms with van der Waals surface area (Å²) >= 11 is 0. The predicted octanol–water partition coefficient (Wildman–Crippen LogP) is 4.68. The molecule has 5 nitrogen and oxygen atoms in total. The van der Waals surface area contributed by atoms with E-state index in [-0.39, 0.29) is 11.9 Å². The standard InChI is InChI=1S/C22H30N4O/c1-14(2)26-21-18(13-23-26)17(12-19(24-21)15-9-10-15)22(27)25-11-5-7-16-6-3-4-8-20(16)25/h12-16,20H,3-11H2,1-2H3/t16-,20+/m1/s1. The van der Waals surface area contributed by atoms with Gasteiger partial charge < -0.3 is 4.90 Å². The van der Waals surface area contributed by atoms with E-state index < -0.39 is 0 Å². The maximum Gasteiger partial charge on any atom is 0.254 e. The molecule has 0 spiro atoms. The Bertz CT molecular complexity index is 865. The van der Waals surface area contributed by atoms with Crippen LogP contribution in [0.3, 0.4) is 0 Å². The van der Waals surface area contributed by atoms with E-state index in [4.69, 9.17) is 4.98 Å². The summed E-state index contributed by atoms with van der Waals surface area (Å²) in [5.74, 6) is 1.44. The Hall–Kier alpha value is -1.91.